The van der Waals surface area contributed by atoms with Crippen molar-refractivity contribution >= 4 is 5.97 Å². The second kappa shape index (κ2) is 10.9. The van der Waals surface area contributed by atoms with Gasteiger partial charge in [-0.1, -0.05) is 19.1 Å². The molecule has 1 saturated heterocycles. The van der Waals surface area contributed by atoms with Crippen LogP contribution in [0.4, 0.5) is 26.3 Å². The molecule has 3 aliphatic rings. The summed E-state index contributed by atoms with van der Waals surface area (Å²) >= 11 is 0. The Kier molecular flexibility index (Phi) is 7.85. The molecule has 2 fully saturated rings. The first-order chi connectivity index (χ1) is 18.8. The van der Waals surface area contributed by atoms with Gasteiger partial charge in [0.2, 0.25) is 0 Å². The number of esters is 1. The number of aryl methyl sites for hydroxylation is 1. The van der Waals surface area contributed by atoms with Gasteiger partial charge in [-0.3, -0.25) is 9.69 Å². The molecule has 0 bridgehead atoms. The summed E-state index contributed by atoms with van der Waals surface area (Å²) in [7, 11) is 1.40. The van der Waals surface area contributed by atoms with Gasteiger partial charge in [-0.2, -0.15) is 26.3 Å². The molecule has 0 radical (unpaired) electrons. The molecule has 0 N–H and O–H groups in total. The van der Waals surface area contributed by atoms with Crippen LogP contribution in [0.3, 0.4) is 0 Å². The average Bonchev–Trinajstić information content (AvgIpc) is 3.71. The Hall–Kier alpha value is -2.75. The fourth-order valence-corrected chi connectivity index (χ4v) is 6.29. The van der Waals surface area contributed by atoms with E-state index < -0.39 is 23.5 Å². The topological polar surface area (TPSA) is 38.8 Å². The Balaban J connectivity index is 1.28. The fourth-order valence-electron chi connectivity index (χ4n) is 6.29. The van der Waals surface area contributed by atoms with Gasteiger partial charge >= 0.3 is 18.3 Å². The van der Waals surface area contributed by atoms with E-state index in [-0.39, 0.29) is 41.9 Å². The SMILES string of the molecule is COC(=O)[C@@H](C)[C@H](c1ccc2c(c1)OC(C1CN(Cc3cc(C(F)(F)F)ccc3C(F)(F)F)C1)CCC2)C1CC1. The smallest absolute Gasteiger partial charge is 0.416 e. The van der Waals surface area contributed by atoms with E-state index in [1.54, 1.807) is 4.90 Å². The number of hydrogen-bond donors (Lipinski definition) is 0. The van der Waals surface area contributed by atoms with Crippen LogP contribution in [0.1, 0.15) is 66.3 Å². The first-order valence-corrected chi connectivity index (χ1v) is 13.7. The second-order valence-electron chi connectivity index (χ2n) is 11.4. The molecule has 0 spiro atoms. The molecule has 10 heteroatoms. The average molecular weight is 570 g/mol. The van der Waals surface area contributed by atoms with Gasteiger partial charge in [0, 0.05) is 25.6 Å². The lowest BCUT2D eigenvalue weighted by atomic mass is 9.82. The number of nitrogens with zero attached hydrogens (tertiary/aromatic N) is 1. The minimum Gasteiger partial charge on any atom is -0.490 e. The van der Waals surface area contributed by atoms with Crippen LogP contribution in [-0.2, 0) is 34.8 Å². The molecule has 1 unspecified atom stereocenters. The number of benzene rings is 2. The minimum absolute atomic E-state index is 0.0394. The van der Waals surface area contributed by atoms with Crippen molar-refractivity contribution in [3.05, 3.63) is 64.2 Å². The summed E-state index contributed by atoms with van der Waals surface area (Å²) in [5.74, 6) is 0.773. The molecule has 40 heavy (non-hydrogen) atoms. The summed E-state index contributed by atoms with van der Waals surface area (Å²) in [6.07, 6.45) is -4.97. The summed E-state index contributed by atoms with van der Waals surface area (Å²) in [5.41, 5.74) is -0.371. The maximum atomic E-state index is 13.5. The zero-order valence-corrected chi connectivity index (χ0v) is 22.4. The molecule has 3 atom stereocenters. The Labute approximate surface area is 229 Å². The van der Waals surface area contributed by atoms with Crippen molar-refractivity contribution in [1.82, 2.24) is 4.90 Å². The first kappa shape index (κ1) is 28.8. The Morgan fingerprint density at radius 2 is 1.75 bits per heavy atom. The molecule has 5 rings (SSSR count). The summed E-state index contributed by atoms with van der Waals surface area (Å²) < 4.78 is 91.6. The van der Waals surface area contributed by atoms with Crippen molar-refractivity contribution in [2.75, 3.05) is 20.2 Å². The maximum Gasteiger partial charge on any atom is 0.416 e. The van der Waals surface area contributed by atoms with Crippen molar-refractivity contribution in [3.8, 4) is 5.75 Å². The van der Waals surface area contributed by atoms with E-state index in [1.807, 2.05) is 13.0 Å². The summed E-state index contributed by atoms with van der Waals surface area (Å²) in [6.45, 7) is 2.56. The van der Waals surface area contributed by atoms with E-state index in [2.05, 4.69) is 12.1 Å². The summed E-state index contributed by atoms with van der Waals surface area (Å²) in [5, 5.41) is 0. The molecule has 2 aliphatic heterocycles. The van der Waals surface area contributed by atoms with Crippen molar-refractivity contribution < 1.29 is 40.6 Å². The van der Waals surface area contributed by atoms with Crippen molar-refractivity contribution in [1.29, 1.82) is 0 Å². The third-order valence-corrected chi connectivity index (χ3v) is 8.57. The van der Waals surface area contributed by atoms with Crippen LogP contribution in [0.15, 0.2) is 36.4 Å². The Bertz CT molecular complexity index is 1230. The maximum absolute atomic E-state index is 13.5. The second-order valence-corrected chi connectivity index (χ2v) is 11.4. The molecule has 1 saturated carbocycles. The number of likely N-dealkylation sites (tertiary alicyclic amines) is 1. The van der Waals surface area contributed by atoms with E-state index in [0.717, 1.165) is 49.0 Å². The quantitative estimate of drug-likeness (QED) is 0.260. The van der Waals surface area contributed by atoms with Crippen LogP contribution in [0.2, 0.25) is 0 Å². The van der Waals surface area contributed by atoms with E-state index in [0.29, 0.717) is 37.2 Å². The van der Waals surface area contributed by atoms with Crippen LogP contribution >= 0.6 is 0 Å². The van der Waals surface area contributed by atoms with Gasteiger partial charge in [0.05, 0.1) is 24.2 Å². The number of rotatable bonds is 7. The molecule has 2 heterocycles. The lowest BCUT2D eigenvalue weighted by Crippen LogP contribution is -2.52. The predicted octanol–water partition coefficient (Wildman–Crippen LogP) is 7.24. The lowest BCUT2D eigenvalue weighted by molar-refractivity contribution is -0.146. The number of carbonyl (C=O) groups excluding carboxylic acids is 1. The third-order valence-electron chi connectivity index (χ3n) is 8.57. The number of alkyl halides is 6. The van der Waals surface area contributed by atoms with Crippen molar-refractivity contribution in [3.63, 3.8) is 0 Å². The van der Waals surface area contributed by atoms with E-state index in [9.17, 15) is 31.1 Å². The molecule has 4 nitrogen and oxygen atoms in total. The molecule has 2 aromatic rings. The highest BCUT2D eigenvalue weighted by atomic mass is 19.4. The van der Waals surface area contributed by atoms with Gasteiger partial charge in [-0.25, -0.2) is 0 Å². The standard InChI is InChI=1S/C30H33F6NO3/c1-17(28(38)39-2)27(19-7-8-19)20-9-6-18-4-3-5-25(40-26(18)13-20)22-15-37(16-22)14-21-12-23(29(31,32)33)10-11-24(21)30(34,35)36/h6,9-13,17,19,22,25,27H,3-5,7-8,14-16H2,1-2H3/t17-,25?,27-/m0/s1. The molecular formula is C30H33F6NO3. The van der Waals surface area contributed by atoms with Gasteiger partial charge in [-0.15, -0.1) is 0 Å². The number of halogens is 6. The van der Waals surface area contributed by atoms with E-state index in [4.69, 9.17) is 9.47 Å². The largest absolute Gasteiger partial charge is 0.490 e. The lowest BCUT2D eigenvalue weighted by Gasteiger charge is -2.43. The number of ether oxygens (including phenoxy) is 2. The van der Waals surface area contributed by atoms with Crippen LogP contribution in [0.25, 0.3) is 0 Å². The zero-order chi connectivity index (χ0) is 28.8. The number of carbonyl (C=O) groups is 1. The molecule has 1 aliphatic carbocycles. The summed E-state index contributed by atoms with van der Waals surface area (Å²) in [4.78, 5) is 14.1. The molecule has 0 amide bonds. The minimum atomic E-state index is -4.74. The molecule has 218 valence electrons. The van der Waals surface area contributed by atoms with Crippen LogP contribution in [-0.4, -0.2) is 37.2 Å². The number of methoxy groups -OCH3 is 1. The van der Waals surface area contributed by atoms with E-state index >= 15 is 0 Å². The Morgan fingerprint density at radius 1 is 1.02 bits per heavy atom. The molecule has 2 aromatic carbocycles. The highest BCUT2D eigenvalue weighted by Crippen LogP contribution is 2.48. The molecule has 0 aromatic heterocycles. The van der Waals surface area contributed by atoms with E-state index in [1.165, 1.54) is 7.11 Å². The van der Waals surface area contributed by atoms with Gasteiger partial charge in [0.15, 0.2) is 0 Å². The van der Waals surface area contributed by atoms with Crippen LogP contribution in [0.5, 0.6) is 5.75 Å². The number of hydrogen-bond acceptors (Lipinski definition) is 4. The van der Waals surface area contributed by atoms with Gasteiger partial charge in [-0.05, 0) is 84.9 Å². The first-order valence-electron chi connectivity index (χ1n) is 13.7. The fraction of sp³-hybridized carbons (Fsp3) is 0.567. The zero-order valence-electron chi connectivity index (χ0n) is 22.4. The summed E-state index contributed by atoms with van der Waals surface area (Å²) in [6, 6.07) is 7.78. The Morgan fingerprint density at radius 3 is 2.38 bits per heavy atom. The highest BCUT2D eigenvalue weighted by molar-refractivity contribution is 5.73. The number of fused-ring (bicyclic) bond motifs is 1. The van der Waals surface area contributed by atoms with Crippen LogP contribution < -0.4 is 4.74 Å². The normalized spacial score (nSPS) is 21.9. The molecular weight excluding hydrogens is 536 g/mol. The van der Waals surface area contributed by atoms with Crippen LogP contribution in [0, 0.1) is 17.8 Å². The monoisotopic (exact) mass is 569 g/mol. The van der Waals surface area contributed by atoms with Crippen molar-refractivity contribution in [2.24, 2.45) is 17.8 Å². The van der Waals surface area contributed by atoms with Gasteiger partial charge in [0.1, 0.15) is 11.9 Å². The van der Waals surface area contributed by atoms with Gasteiger partial charge < -0.3 is 9.47 Å². The van der Waals surface area contributed by atoms with Gasteiger partial charge in [0.25, 0.3) is 0 Å². The predicted molar refractivity (Wildman–Crippen MR) is 136 cm³/mol. The third kappa shape index (κ3) is 6.11. The van der Waals surface area contributed by atoms with Crippen molar-refractivity contribution in [2.45, 2.75) is 69.9 Å². The highest BCUT2D eigenvalue weighted by Gasteiger charge is 2.42.